The molecule has 1 amide bonds. The zero-order valence-corrected chi connectivity index (χ0v) is 12.4. The van der Waals surface area contributed by atoms with Crippen LogP contribution >= 0.6 is 0 Å². The lowest BCUT2D eigenvalue weighted by Gasteiger charge is -2.18. The molecule has 2 atom stereocenters. The second-order valence-electron chi connectivity index (χ2n) is 4.94. The van der Waals surface area contributed by atoms with Gasteiger partial charge >= 0.3 is 0 Å². The molecule has 0 spiro atoms. The fourth-order valence-electron chi connectivity index (χ4n) is 2.48. The Labute approximate surface area is 119 Å². The van der Waals surface area contributed by atoms with Crippen LogP contribution in [0.2, 0.25) is 0 Å². The van der Waals surface area contributed by atoms with Crippen molar-refractivity contribution < 1.29 is 17.9 Å². The normalized spacial score (nSPS) is 24.5. The lowest BCUT2D eigenvalue weighted by molar-refractivity contribution is 0.0785. The molecule has 2 rings (SSSR count). The molecule has 1 aromatic carbocycles. The van der Waals surface area contributed by atoms with Crippen molar-refractivity contribution in [3.63, 3.8) is 0 Å². The number of carbonyl (C=O) groups excluding carboxylic acids is 1. The summed E-state index contributed by atoms with van der Waals surface area (Å²) in [5.41, 5.74) is 1.54. The van der Waals surface area contributed by atoms with E-state index >= 15 is 0 Å². The van der Waals surface area contributed by atoms with Gasteiger partial charge in [-0.1, -0.05) is 25.1 Å². The summed E-state index contributed by atoms with van der Waals surface area (Å²) >= 11 is 0. The summed E-state index contributed by atoms with van der Waals surface area (Å²) < 4.78 is 28.4. The van der Waals surface area contributed by atoms with Gasteiger partial charge in [-0.2, -0.15) is 0 Å². The number of benzene rings is 1. The lowest BCUT2D eigenvalue weighted by atomic mass is 10.0. The third-order valence-corrected chi connectivity index (χ3v) is 5.27. The van der Waals surface area contributed by atoms with Crippen LogP contribution in [-0.2, 0) is 21.0 Å². The van der Waals surface area contributed by atoms with Gasteiger partial charge in [-0.25, -0.2) is 8.42 Å². The minimum Gasteiger partial charge on any atom is -0.378 e. The maximum Gasteiger partial charge on any atom is 0.251 e. The third kappa shape index (κ3) is 3.19. The molecule has 1 aliphatic heterocycles. The Morgan fingerprint density at radius 1 is 1.35 bits per heavy atom. The Hall–Kier alpha value is -1.40. The van der Waals surface area contributed by atoms with Crippen LogP contribution in [0.15, 0.2) is 24.3 Å². The Balaban J connectivity index is 2.15. The number of methoxy groups -OCH3 is 1. The maximum absolute atomic E-state index is 12.3. The van der Waals surface area contributed by atoms with Crippen LogP contribution in [0.3, 0.4) is 0 Å². The van der Waals surface area contributed by atoms with E-state index in [1.165, 1.54) is 7.11 Å². The van der Waals surface area contributed by atoms with Gasteiger partial charge in [0.25, 0.3) is 5.91 Å². The number of ether oxygens (including phenoxy) is 1. The van der Waals surface area contributed by atoms with Gasteiger partial charge in [0.1, 0.15) is 0 Å². The van der Waals surface area contributed by atoms with E-state index in [4.69, 9.17) is 4.74 Å². The van der Waals surface area contributed by atoms with Gasteiger partial charge < -0.3 is 10.1 Å². The van der Waals surface area contributed by atoms with E-state index in [-0.39, 0.29) is 17.4 Å². The van der Waals surface area contributed by atoms with Crippen LogP contribution in [-0.4, -0.2) is 45.1 Å². The predicted octanol–water partition coefficient (Wildman–Crippen LogP) is 0.791. The summed E-state index contributed by atoms with van der Waals surface area (Å²) in [4.78, 5) is 12.3. The SMILES string of the molecule is CCc1ccccc1C(=O)N[C@@H]1CS(=O)(=O)C[C@H]1OC. The average Bonchev–Trinajstić information content (AvgIpc) is 2.72. The van der Waals surface area contributed by atoms with Crippen LogP contribution in [0.5, 0.6) is 0 Å². The molecule has 110 valence electrons. The summed E-state index contributed by atoms with van der Waals surface area (Å²) in [6, 6.07) is 6.84. The van der Waals surface area contributed by atoms with Gasteiger partial charge in [-0.3, -0.25) is 4.79 Å². The van der Waals surface area contributed by atoms with Gasteiger partial charge in [-0.05, 0) is 18.1 Å². The van der Waals surface area contributed by atoms with Gasteiger partial charge in [0, 0.05) is 12.7 Å². The lowest BCUT2D eigenvalue weighted by Crippen LogP contribution is -2.43. The van der Waals surface area contributed by atoms with Crippen molar-refractivity contribution in [2.24, 2.45) is 0 Å². The molecule has 0 aliphatic carbocycles. The van der Waals surface area contributed by atoms with Gasteiger partial charge in [0.05, 0.1) is 23.7 Å². The molecule has 5 nitrogen and oxygen atoms in total. The molecule has 0 bridgehead atoms. The zero-order chi connectivity index (χ0) is 14.8. The van der Waals surface area contributed by atoms with Crippen LogP contribution < -0.4 is 5.32 Å². The summed E-state index contributed by atoms with van der Waals surface area (Å²) in [6.07, 6.45) is 0.276. The molecule has 0 unspecified atom stereocenters. The fraction of sp³-hybridized carbons (Fsp3) is 0.500. The van der Waals surface area contributed by atoms with Crippen LogP contribution in [0.1, 0.15) is 22.8 Å². The zero-order valence-electron chi connectivity index (χ0n) is 11.6. The average molecular weight is 297 g/mol. The van der Waals surface area contributed by atoms with E-state index in [1.807, 2.05) is 19.1 Å². The highest BCUT2D eigenvalue weighted by Gasteiger charge is 2.38. The van der Waals surface area contributed by atoms with Crippen LogP contribution in [0.4, 0.5) is 0 Å². The van der Waals surface area contributed by atoms with Crippen molar-refractivity contribution in [2.45, 2.75) is 25.5 Å². The molecular weight excluding hydrogens is 278 g/mol. The third-order valence-electron chi connectivity index (χ3n) is 3.56. The number of hydrogen-bond acceptors (Lipinski definition) is 4. The van der Waals surface area contributed by atoms with Crippen molar-refractivity contribution in [3.8, 4) is 0 Å². The van der Waals surface area contributed by atoms with E-state index in [1.54, 1.807) is 12.1 Å². The Bertz CT molecular complexity index is 597. The molecule has 20 heavy (non-hydrogen) atoms. The van der Waals surface area contributed by atoms with Gasteiger partial charge in [0.2, 0.25) is 0 Å². The summed E-state index contributed by atoms with van der Waals surface area (Å²) in [7, 11) is -1.68. The summed E-state index contributed by atoms with van der Waals surface area (Å²) in [5, 5.41) is 2.78. The second kappa shape index (κ2) is 5.93. The highest BCUT2D eigenvalue weighted by molar-refractivity contribution is 7.91. The van der Waals surface area contributed by atoms with Gasteiger partial charge in [-0.15, -0.1) is 0 Å². The first-order valence-corrected chi connectivity index (χ1v) is 8.41. The first-order valence-electron chi connectivity index (χ1n) is 6.59. The van der Waals surface area contributed by atoms with Crippen LogP contribution in [0, 0.1) is 0 Å². The molecule has 0 radical (unpaired) electrons. The number of amides is 1. The van der Waals surface area contributed by atoms with Gasteiger partial charge in [0.15, 0.2) is 9.84 Å². The molecule has 1 heterocycles. The Morgan fingerprint density at radius 3 is 2.70 bits per heavy atom. The first-order chi connectivity index (χ1) is 9.46. The minimum atomic E-state index is -3.14. The topological polar surface area (TPSA) is 72.5 Å². The maximum atomic E-state index is 12.3. The number of rotatable bonds is 4. The van der Waals surface area contributed by atoms with E-state index < -0.39 is 22.0 Å². The number of nitrogens with one attached hydrogen (secondary N) is 1. The molecule has 1 N–H and O–H groups in total. The standard InChI is InChI=1S/C14H19NO4S/c1-3-10-6-4-5-7-11(10)14(16)15-12-8-20(17,18)9-13(12)19-2/h4-7,12-13H,3,8-9H2,1-2H3,(H,15,16)/t12-,13-/m1/s1. The molecule has 6 heteroatoms. The molecular formula is C14H19NO4S. The first kappa shape index (κ1) is 15.0. The molecule has 1 aromatic rings. The van der Waals surface area contributed by atoms with Crippen molar-refractivity contribution in [1.82, 2.24) is 5.32 Å². The monoisotopic (exact) mass is 297 g/mol. The smallest absolute Gasteiger partial charge is 0.251 e. The quantitative estimate of drug-likeness (QED) is 0.892. The highest BCUT2D eigenvalue weighted by atomic mass is 32.2. The van der Waals surface area contributed by atoms with Crippen molar-refractivity contribution in [3.05, 3.63) is 35.4 Å². The molecule has 0 saturated carbocycles. The van der Waals surface area contributed by atoms with Crippen molar-refractivity contribution >= 4 is 15.7 Å². The number of sulfone groups is 1. The van der Waals surface area contributed by atoms with Crippen molar-refractivity contribution in [1.29, 1.82) is 0 Å². The Kier molecular flexibility index (Phi) is 4.45. The summed E-state index contributed by atoms with van der Waals surface area (Å²) in [5.74, 6) is -0.346. The van der Waals surface area contributed by atoms with E-state index in [0.717, 1.165) is 12.0 Å². The van der Waals surface area contributed by atoms with E-state index in [2.05, 4.69) is 5.32 Å². The Morgan fingerprint density at radius 2 is 2.05 bits per heavy atom. The van der Waals surface area contributed by atoms with E-state index in [0.29, 0.717) is 5.56 Å². The molecule has 0 aromatic heterocycles. The van der Waals surface area contributed by atoms with Crippen molar-refractivity contribution in [2.75, 3.05) is 18.6 Å². The fourth-order valence-corrected chi connectivity index (χ4v) is 4.33. The van der Waals surface area contributed by atoms with E-state index in [9.17, 15) is 13.2 Å². The second-order valence-corrected chi connectivity index (χ2v) is 7.10. The predicted molar refractivity (Wildman–Crippen MR) is 76.5 cm³/mol. The molecule has 1 aliphatic rings. The molecule has 1 fully saturated rings. The minimum absolute atomic E-state index is 0.0378. The largest absolute Gasteiger partial charge is 0.378 e. The summed E-state index contributed by atoms with van der Waals surface area (Å²) in [6.45, 7) is 1.98. The number of hydrogen-bond donors (Lipinski definition) is 1. The highest BCUT2D eigenvalue weighted by Crippen LogP contribution is 2.17. The van der Waals surface area contributed by atoms with Crippen LogP contribution in [0.25, 0.3) is 0 Å². The number of aryl methyl sites for hydroxylation is 1. The molecule has 1 saturated heterocycles. The number of carbonyl (C=O) groups is 1.